The van der Waals surface area contributed by atoms with E-state index in [0.29, 0.717) is 11.6 Å². The van der Waals surface area contributed by atoms with Gasteiger partial charge in [-0.1, -0.05) is 0 Å². The fourth-order valence-corrected chi connectivity index (χ4v) is 1.21. The van der Waals surface area contributed by atoms with Gasteiger partial charge < -0.3 is 10.6 Å². The van der Waals surface area contributed by atoms with Crippen LogP contribution in [0.5, 0.6) is 0 Å². The number of aromatic amines is 1. The Morgan fingerprint density at radius 3 is 2.69 bits per heavy atom. The summed E-state index contributed by atoms with van der Waals surface area (Å²) in [6, 6.07) is 1.62. The topological polar surface area (TPSA) is 83.7 Å². The van der Waals surface area contributed by atoms with Crippen molar-refractivity contribution >= 4 is 11.8 Å². The molecule has 6 nitrogen and oxygen atoms in total. The predicted molar refractivity (Wildman–Crippen MR) is 58.3 cm³/mol. The molecule has 2 rings (SSSR count). The molecular weight excluding hydrogens is 211 g/mol. The van der Waals surface area contributed by atoms with Crippen LogP contribution in [0.1, 0.15) is 0 Å². The molecule has 2 heterocycles. The van der Waals surface area contributed by atoms with E-state index in [1.807, 2.05) is 0 Å². The lowest BCUT2D eigenvalue weighted by Crippen LogP contribution is -2.15. The SMILES string of the molecule is CN(C)c1nc(N)c(F)c(-c2cc[nH]n2)n1. The molecule has 0 aromatic carbocycles. The van der Waals surface area contributed by atoms with E-state index >= 15 is 0 Å². The van der Waals surface area contributed by atoms with E-state index in [4.69, 9.17) is 5.73 Å². The maximum atomic E-state index is 13.7. The average Bonchev–Trinajstić information content (AvgIpc) is 2.74. The van der Waals surface area contributed by atoms with Gasteiger partial charge >= 0.3 is 0 Å². The number of halogens is 1. The van der Waals surface area contributed by atoms with Crippen molar-refractivity contribution < 1.29 is 4.39 Å². The van der Waals surface area contributed by atoms with Crippen molar-refractivity contribution in [3.8, 4) is 11.4 Å². The van der Waals surface area contributed by atoms with Crippen LogP contribution in [0, 0.1) is 5.82 Å². The van der Waals surface area contributed by atoms with Crippen molar-refractivity contribution in [3.05, 3.63) is 18.1 Å². The summed E-state index contributed by atoms with van der Waals surface area (Å²) in [6.45, 7) is 0. The third-order valence-electron chi connectivity index (χ3n) is 2.01. The molecule has 16 heavy (non-hydrogen) atoms. The van der Waals surface area contributed by atoms with Gasteiger partial charge in [0.15, 0.2) is 11.6 Å². The Hall–Kier alpha value is -2.18. The summed E-state index contributed by atoms with van der Waals surface area (Å²) in [4.78, 5) is 9.52. The number of nitrogens with zero attached hydrogens (tertiary/aromatic N) is 4. The molecule has 0 fully saturated rings. The van der Waals surface area contributed by atoms with Gasteiger partial charge in [0, 0.05) is 20.3 Å². The Kier molecular flexibility index (Phi) is 2.43. The fourth-order valence-electron chi connectivity index (χ4n) is 1.21. The lowest BCUT2D eigenvalue weighted by Gasteiger charge is -2.12. The van der Waals surface area contributed by atoms with Gasteiger partial charge in [-0.05, 0) is 6.07 Å². The summed E-state index contributed by atoms with van der Waals surface area (Å²) < 4.78 is 13.7. The summed E-state index contributed by atoms with van der Waals surface area (Å²) in [5, 5.41) is 6.45. The quantitative estimate of drug-likeness (QED) is 0.779. The van der Waals surface area contributed by atoms with Gasteiger partial charge in [-0.25, -0.2) is 9.37 Å². The molecule has 0 aliphatic rings. The molecular formula is C9H11FN6. The normalized spacial score (nSPS) is 10.4. The van der Waals surface area contributed by atoms with Gasteiger partial charge in [0.05, 0.1) is 0 Å². The second-order valence-electron chi connectivity index (χ2n) is 3.43. The zero-order chi connectivity index (χ0) is 11.7. The second-order valence-corrected chi connectivity index (χ2v) is 3.43. The van der Waals surface area contributed by atoms with Gasteiger partial charge in [0.2, 0.25) is 5.95 Å². The zero-order valence-corrected chi connectivity index (χ0v) is 8.90. The number of hydrogen-bond donors (Lipinski definition) is 2. The Bertz CT molecular complexity index is 493. The van der Waals surface area contributed by atoms with Gasteiger partial charge in [-0.3, -0.25) is 5.10 Å². The Labute approximate surface area is 91.3 Å². The Morgan fingerprint density at radius 1 is 1.38 bits per heavy atom. The summed E-state index contributed by atoms with van der Waals surface area (Å²) in [5.41, 5.74) is 5.97. The van der Waals surface area contributed by atoms with Crippen molar-refractivity contribution in [2.75, 3.05) is 24.7 Å². The maximum absolute atomic E-state index is 13.7. The minimum Gasteiger partial charge on any atom is -0.381 e. The first-order chi connectivity index (χ1) is 7.59. The number of nitrogens with one attached hydrogen (secondary N) is 1. The average molecular weight is 222 g/mol. The number of H-pyrrole nitrogens is 1. The molecule has 0 atom stereocenters. The van der Waals surface area contributed by atoms with Crippen molar-refractivity contribution in [1.82, 2.24) is 20.2 Å². The number of rotatable bonds is 2. The first-order valence-electron chi connectivity index (χ1n) is 4.60. The molecule has 7 heteroatoms. The Morgan fingerprint density at radius 2 is 2.12 bits per heavy atom. The van der Waals surface area contributed by atoms with E-state index in [1.54, 1.807) is 31.3 Å². The summed E-state index contributed by atoms with van der Waals surface area (Å²) in [6.07, 6.45) is 1.59. The van der Waals surface area contributed by atoms with Crippen molar-refractivity contribution in [1.29, 1.82) is 0 Å². The van der Waals surface area contributed by atoms with Gasteiger partial charge in [0.25, 0.3) is 0 Å². The molecule has 84 valence electrons. The Balaban J connectivity index is 2.60. The molecule has 0 radical (unpaired) electrons. The first-order valence-corrected chi connectivity index (χ1v) is 4.60. The molecule has 0 saturated heterocycles. The third-order valence-corrected chi connectivity index (χ3v) is 2.01. The van der Waals surface area contributed by atoms with E-state index < -0.39 is 5.82 Å². The fraction of sp³-hybridized carbons (Fsp3) is 0.222. The van der Waals surface area contributed by atoms with Crippen molar-refractivity contribution in [2.24, 2.45) is 0 Å². The maximum Gasteiger partial charge on any atom is 0.227 e. The van der Waals surface area contributed by atoms with Gasteiger partial charge in [-0.15, -0.1) is 0 Å². The molecule has 0 unspecified atom stereocenters. The molecule has 2 aromatic rings. The number of aromatic nitrogens is 4. The third kappa shape index (κ3) is 1.67. The van der Waals surface area contributed by atoms with Crippen LogP contribution >= 0.6 is 0 Å². The molecule has 0 amide bonds. The lowest BCUT2D eigenvalue weighted by atomic mass is 10.3. The number of hydrogen-bond acceptors (Lipinski definition) is 5. The van der Waals surface area contributed by atoms with E-state index in [0.717, 1.165) is 0 Å². The van der Waals surface area contributed by atoms with Crippen molar-refractivity contribution in [3.63, 3.8) is 0 Å². The van der Waals surface area contributed by atoms with E-state index in [2.05, 4.69) is 20.2 Å². The van der Waals surface area contributed by atoms with E-state index in [9.17, 15) is 4.39 Å². The molecule has 0 bridgehead atoms. The van der Waals surface area contributed by atoms with E-state index in [1.165, 1.54) is 0 Å². The van der Waals surface area contributed by atoms with Gasteiger partial charge in [-0.2, -0.15) is 10.1 Å². The van der Waals surface area contributed by atoms with Crippen LogP contribution in [0.25, 0.3) is 11.4 Å². The van der Waals surface area contributed by atoms with E-state index in [-0.39, 0.29) is 11.5 Å². The number of nitrogen functional groups attached to an aromatic ring is 1. The van der Waals surface area contributed by atoms with Crippen molar-refractivity contribution in [2.45, 2.75) is 0 Å². The van der Waals surface area contributed by atoms with Crippen LogP contribution < -0.4 is 10.6 Å². The van der Waals surface area contributed by atoms with Crippen LogP contribution in [-0.2, 0) is 0 Å². The summed E-state index contributed by atoms with van der Waals surface area (Å²) >= 11 is 0. The largest absolute Gasteiger partial charge is 0.381 e. The second kappa shape index (κ2) is 3.76. The summed E-state index contributed by atoms with van der Waals surface area (Å²) in [7, 11) is 3.50. The van der Waals surface area contributed by atoms with Crippen LogP contribution in [0.15, 0.2) is 12.3 Å². The highest BCUT2D eigenvalue weighted by atomic mass is 19.1. The summed E-state index contributed by atoms with van der Waals surface area (Å²) in [5.74, 6) is -0.494. The van der Waals surface area contributed by atoms with Crippen LogP contribution in [0.4, 0.5) is 16.2 Å². The molecule has 0 saturated carbocycles. The molecule has 0 aliphatic heterocycles. The molecule has 2 aromatic heterocycles. The standard InChI is InChI=1S/C9H11FN6/c1-16(2)9-13-7(5-3-4-12-15-5)6(10)8(11)14-9/h3-4H,1-2H3,(H,12,15)(H2,11,13,14). The van der Waals surface area contributed by atoms with Crippen LogP contribution in [0.3, 0.4) is 0 Å². The highest BCUT2D eigenvalue weighted by Crippen LogP contribution is 2.23. The van der Waals surface area contributed by atoms with Crippen LogP contribution in [-0.4, -0.2) is 34.3 Å². The molecule has 0 aliphatic carbocycles. The minimum absolute atomic E-state index is 0.0949. The zero-order valence-electron chi connectivity index (χ0n) is 8.90. The number of anilines is 2. The number of nitrogens with two attached hydrogens (primary N) is 1. The highest BCUT2D eigenvalue weighted by molar-refractivity contribution is 5.61. The first kappa shape index (κ1) is 10.3. The lowest BCUT2D eigenvalue weighted by molar-refractivity contribution is 0.623. The smallest absolute Gasteiger partial charge is 0.227 e. The minimum atomic E-state index is -0.655. The van der Waals surface area contributed by atoms with Gasteiger partial charge in [0.1, 0.15) is 11.4 Å². The molecule has 0 spiro atoms. The molecule has 3 N–H and O–H groups in total. The predicted octanol–water partition coefficient (Wildman–Crippen LogP) is 0.654. The monoisotopic (exact) mass is 222 g/mol. The van der Waals surface area contributed by atoms with Crippen LogP contribution in [0.2, 0.25) is 0 Å². The highest BCUT2D eigenvalue weighted by Gasteiger charge is 2.16.